The number of hydrogen-bond donors (Lipinski definition) is 0. The van der Waals surface area contributed by atoms with E-state index in [2.05, 4.69) is 14.9 Å². The van der Waals surface area contributed by atoms with Crippen molar-refractivity contribution in [3.8, 4) is 0 Å². The van der Waals surface area contributed by atoms with Crippen LogP contribution in [0.1, 0.15) is 19.3 Å². The molecule has 1 aliphatic rings. The standard InChI is InChI=1S/C13H14FN3/c14-11-6-4-5-10-12(11)15-9-16-13(10)17-7-2-1-3-8-17/h4-6,9H,1-3,7-8H2. The van der Waals surface area contributed by atoms with E-state index in [1.54, 1.807) is 6.07 Å². The molecule has 1 aromatic carbocycles. The summed E-state index contributed by atoms with van der Waals surface area (Å²) in [5.41, 5.74) is 0.420. The van der Waals surface area contributed by atoms with Crippen LogP contribution in [0, 0.1) is 5.82 Å². The van der Waals surface area contributed by atoms with Gasteiger partial charge in [-0.25, -0.2) is 14.4 Å². The van der Waals surface area contributed by atoms with Crippen molar-refractivity contribution in [2.24, 2.45) is 0 Å². The Hall–Kier alpha value is -1.71. The zero-order valence-electron chi connectivity index (χ0n) is 9.56. The molecule has 2 heterocycles. The van der Waals surface area contributed by atoms with Gasteiger partial charge in [-0.2, -0.15) is 0 Å². The highest BCUT2D eigenvalue weighted by atomic mass is 19.1. The van der Waals surface area contributed by atoms with Gasteiger partial charge in [0.2, 0.25) is 0 Å². The first kappa shape index (κ1) is 10.4. The van der Waals surface area contributed by atoms with Gasteiger partial charge in [-0.05, 0) is 31.4 Å². The summed E-state index contributed by atoms with van der Waals surface area (Å²) < 4.78 is 13.6. The van der Waals surface area contributed by atoms with Crippen molar-refractivity contribution in [1.82, 2.24) is 9.97 Å². The Labute approximate surface area is 99.3 Å². The molecule has 0 N–H and O–H groups in total. The van der Waals surface area contributed by atoms with Crippen molar-refractivity contribution < 1.29 is 4.39 Å². The fraction of sp³-hybridized carbons (Fsp3) is 0.385. The van der Waals surface area contributed by atoms with Gasteiger partial charge < -0.3 is 4.90 Å². The average Bonchev–Trinajstić information content (AvgIpc) is 2.40. The van der Waals surface area contributed by atoms with E-state index < -0.39 is 0 Å². The minimum Gasteiger partial charge on any atom is -0.356 e. The van der Waals surface area contributed by atoms with E-state index in [0.29, 0.717) is 5.52 Å². The lowest BCUT2D eigenvalue weighted by Crippen LogP contribution is -2.30. The van der Waals surface area contributed by atoms with Crippen molar-refractivity contribution in [3.05, 3.63) is 30.3 Å². The maximum atomic E-state index is 13.6. The minimum atomic E-state index is -0.275. The molecule has 0 spiro atoms. The van der Waals surface area contributed by atoms with Crippen LogP contribution in [0.25, 0.3) is 10.9 Å². The molecule has 0 atom stereocenters. The van der Waals surface area contributed by atoms with Crippen LogP contribution in [0.5, 0.6) is 0 Å². The molecule has 88 valence electrons. The lowest BCUT2D eigenvalue weighted by Gasteiger charge is -2.28. The third kappa shape index (κ3) is 1.84. The maximum Gasteiger partial charge on any atom is 0.149 e. The van der Waals surface area contributed by atoms with Crippen molar-refractivity contribution >= 4 is 16.7 Å². The zero-order chi connectivity index (χ0) is 11.7. The first-order valence-corrected chi connectivity index (χ1v) is 6.00. The van der Waals surface area contributed by atoms with Crippen LogP contribution in [0.15, 0.2) is 24.5 Å². The molecule has 0 bridgehead atoms. The van der Waals surface area contributed by atoms with Crippen molar-refractivity contribution in [1.29, 1.82) is 0 Å². The third-order valence-electron chi connectivity index (χ3n) is 3.25. The SMILES string of the molecule is Fc1cccc2c(N3CCCCC3)ncnc12. The van der Waals surface area contributed by atoms with E-state index in [9.17, 15) is 4.39 Å². The van der Waals surface area contributed by atoms with Crippen LogP contribution >= 0.6 is 0 Å². The fourth-order valence-corrected chi connectivity index (χ4v) is 2.40. The van der Waals surface area contributed by atoms with E-state index >= 15 is 0 Å². The van der Waals surface area contributed by atoms with Gasteiger partial charge in [-0.15, -0.1) is 0 Å². The number of para-hydroxylation sites is 1. The van der Waals surface area contributed by atoms with Crippen molar-refractivity contribution in [2.45, 2.75) is 19.3 Å². The molecule has 2 aromatic rings. The lowest BCUT2D eigenvalue weighted by atomic mass is 10.1. The molecule has 0 radical (unpaired) electrons. The number of halogens is 1. The second-order valence-electron chi connectivity index (χ2n) is 4.38. The Morgan fingerprint density at radius 2 is 1.88 bits per heavy atom. The monoisotopic (exact) mass is 231 g/mol. The Morgan fingerprint density at radius 3 is 2.71 bits per heavy atom. The van der Waals surface area contributed by atoms with Gasteiger partial charge in [0.15, 0.2) is 0 Å². The Balaban J connectivity index is 2.12. The van der Waals surface area contributed by atoms with Gasteiger partial charge >= 0.3 is 0 Å². The van der Waals surface area contributed by atoms with Crippen LogP contribution in [0.3, 0.4) is 0 Å². The molecule has 0 saturated carbocycles. The average molecular weight is 231 g/mol. The van der Waals surface area contributed by atoms with Gasteiger partial charge in [0, 0.05) is 18.5 Å². The van der Waals surface area contributed by atoms with E-state index in [0.717, 1.165) is 24.3 Å². The number of anilines is 1. The number of nitrogens with zero attached hydrogens (tertiary/aromatic N) is 3. The van der Waals surface area contributed by atoms with E-state index in [-0.39, 0.29) is 5.82 Å². The second kappa shape index (κ2) is 4.28. The third-order valence-corrected chi connectivity index (χ3v) is 3.25. The molecule has 0 aliphatic carbocycles. The zero-order valence-corrected chi connectivity index (χ0v) is 9.56. The molecule has 17 heavy (non-hydrogen) atoms. The molecule has 1 aromatic heterocycles. The van der Waals surface area contributed by atoms with Gasteiger partial charge in [-0.1, -0.05) is 6.07 Å². The molecular formula is C13H14FN3. The van der Waals surface area contributed by atoms with Crippen LogP contribution in [-0.2, 0) is 0 Å². The molecular weight excluding hydrogens is 217 g/mol. The first-order valence-electron chi connectivity index (χ1n) is 6.00. The highest BCUT2D eigenvalue weighted by Gasteiger charge is 2.16. The van der Waals surface area contributed by atoms with Gasteiger partial charge in [-0.3, -0.25) is 0 Å². The summed E-state index contributed by atoms with van der Waals surface area (Å²) in [6.07, 6.45) is 5.09. The second-order valence-corrected chi connectivity index (χ2v) is 4.38. The lowest BCUT2D eigenvalue weighted by molar-refractivity contribution is 0.574. The van der Waals surface area contributed by atoms with Crippen molar-refractivity contribution in [3.63, 3.8) is 0 Å². The summed E-state index contributed by atoms with van der Waals surface area (Å²) in [6, 6.07) is 5.05. The number of piperidine rings is 1. The molecule has 1 saturated heterocycles. The summed E-state index contributed by atoms with van der Waals surface area (Å²) in [5, 5.41) is 0.814. The van der Waals surface area contributed by atoms with E-state index in [1.165, 1.54) is 31.7 Å². The molecule has 0 unspecified atom stereocenters. The first-order chi connectivity index (χ1) is 8.36. The number of fused-ring (bicyclic) bond motifs is 1. The number of hydrogen-bond acceptors (Lipinski definition) is 3. The molecule has 3 nitrogen and oxygen atoms in total. The molecule has 4 heteroatoms. The highest BCUT2D eigenvalue weighted by Crippen LogP contribution is 2.26. The Morgan fingerprint density at radius 1 is 1.06 bits per heavy atom. The van der Waals surface area contributed by atoms with Gasteiger partial charge in [0.25, 0.3) is 0 Å². The number of benzene rings is 1. The minimum absolute atomic E-state index is 0.275. The summed E-state index contributed by atoms with van der Waals surface area (Å²) in [7, 11) is 0. The number of rotatable bonds is 1. The predicted octanol–water partition coefficient (Wildman–Crippen LogP) is 2.76. The highest BCUT2D eigenvalue weighted by molar-refractivity contribution is 5.89. The summed E-state index contributed by atoms with van der Waals surface area (Å²) in [4.78, 5) is 10.6. The van der Waals surface area contributed by atoms with Crippen molar-refractivity contribution in [2.75, 3.05) is 18.0 Å². The van der Waals surface area contributed by atoms with Crippen LogP contribution in [-0.4, -0.2) is 23.1 Å². The Kier molecular flexibility index (Phi) is 2.63. The number of aromatic nitrogens is 2. The van der Waals surface area contributed by atoms with Crippen LogP contribution in [0.4, 0.5) is 10.2 Å². The summed E-state index contributed by atoms with van der Waals surface area (Å²) >= 11 is 0. The maximum absolute atomic E-state index is 13.6. The smallest absolute Gasteiger partial charge is 0.149 e. The molecule has 0 amide bonds. The molecule has 1 aliphatic heterocycles. The normalized spacial score (nSPS) is 16.4. The topological polar surface area (TPSA) is 29.0 Å². The quantitative estimate of drug-likeness (QED) is 0.755. The van der Waals surface area contributed by atoms with Crippen LogP contribution in [0.2, 0.25) is 0 Å². The fourth-order valence-electron chi connectivity index (χ4n) is 2.40. The summed E-state index contributed by atoms with van der Waals surface area (Å²) in [5.74, 6) is 0.595. The largest absolute Gasteiger partial charge is 0.356 e. The van der Waals surface area contributed by atoms with Gasteiger partial charge in [0.05, 0.1) is 0 Å². The molecule has 3 rings (SSSR count). The summed E-state index contributed by atoms with van der Waals surface area (Å²) in [6.45, 7) is 2.01. The predicted molar refractivity (Wildman–Crippen MR) is 65.6 cm³/mol. The molecule has 1 fully saturated rings. The van der Waals surface area contributed by atoms with Gasteiger partial charge in [0.1, 0.15) is 23.5 Å². The van der Waals surface area contributed by atoms with E-state index in [1.807, 2.05) is 6.07 Å². The van der Waals surface area contributed by atoms with Crippen LogP contribution < -0.4 is 4.90 Å². The van der Waals surface area contributed by atoms with E-state index in [4.69, 9.17) is 0 Å². The Bertz CT molecular complexity index is 535.